The van der Waals surface area contributed by atoms with E-state index in [1.165, 1.54) is 6.07 Å². The fourth-order valence-electron chi connectivity index (χ4n) is 6.17. The van der Waals surface area contributed by atoms with Crippen molar-refractivity contribution in [3.8, 4) is 0 Å². The second-order valence-electron chi connectivity index (χ2n) is 11.4. The van der Waals surface area contributed by atoms with Crippen LogP contribution >= 0.6 is 23.2 Å². The lowest BCUT2D eigenvalue weighted by Crippen LogP contribution is -2.59. The fraction of sp³-hybridized carbons (Fsp3) is 0.548. The number of nitrogens with one attached hydrogen (secondary N) is 1. The summed E-state index contributed by atoms with van der Waals surface area (Å²) in [6.45, 7) is 7.77. The van der Waals surface area contributed by atoms with Crippen molar-refractivity contribution in [1.82, 2.24) is 15.1 Å². The highest BCUT2D eigenvalue weighted by atomic mass is 35.5. The second kappa shape index (κ2) is 13.4. The van der Waals surface area contributed by atoms with Crippen LogP contribution in [0.4, 0.5) is 18.9 Å². The molecule has 2 saturated heterocycles. The van der Waals surface area contributed by atoms with Crippen molar-refractivity contribution in [2.45, 2.75) is 70.8 Å². The molecular weight excluding hydrogens is 588 g/mol. The number of rotatable bonds is 9. The first-order valence-electron chi connectivity index (χ1n) is 14.5. The van der Waals surface area contributed by atoms with Crippen LogP contribution in [0.1, 0.15) is 62.8 Å². The molecule has 42 heavy (non-hydrogen) atoms. The van der Waals surface area contributed by atoms with Crippen molar-refractivity contribution in [2.24, 2.45) is 5.92 Å². The number of halogens is 5. The summed E-state index contributed by atoms with van der Waals surface area (Å²) < 4.78 is 41.1. The van der Waals surface area contributed by atoms with Gasteiger partial charge in [-0.1, -0.05) is 49.5 Å². The third-order valence-electron chi connectivity index (χ3n) is 8.66. The van der Waals surface area contributed by atoms with E-state index in [0.29, 0.717) is 54.6 Å². The van der Waals surface area contributed by atoms with E-state index in [2.05, 4.69) is 10.2 Å². The largest absolute Gasteiger partial charge is 0.416 e. The van der Waals surface area contributed by atoms with Crippen LogP contribution in [0.5, 0.6) is 0 Å². The maximum absolute atomic E-state index is 14.1. The van der Waals surface area contributed by atoms with Gasteiger partial charge in [0.15, 0.2) is 0 Å². The second-order valence-corrected chi connectivity index (χ2v) is 12.2. The van der Waals surface area contributed by atoms with E-state index >= 15 is 0 Å². The van der Waals surface area contributed by atoms with E-state index in [-0.39, 0.29) is 36.2 Å². The van der Waals surface area contributed by atoms with Crippen molar-refractivity contribution < 1.29 is 22.8 Å². The highest BCUT2D eigenvalue weighted by molar-refractivity contribution is 6.35. The average molecular weight is 628 g/mol. The van der Waals surface area contributed by atoms with Crippen molar-refractivity contribution in [1.29, 1.82) is 0 Å². The molecule has 0 radical (unpaired) electrons. The summed E-state index contributed by atoms with van der Waals surface area (Å²) in [4.78, 5) is 32.4. The Labute approximate surface area is 256 Å². The van der Waals surface area contributed by atoms with Gasteiger partial charge in [-0.2, -0.15) is 13.2 Å². The van der Waals surface area contributed by atoms with Crippen molar-refractivity contribution in [2.75, 3.05) is 38.1 Å². The molecule has 0 saturated carbocycles. The smallest absolute Gasteiger partial charge is 0.367 e. The first kappa shape index (κ1) is 32.4. The van der Waals surface area contributed by atoms with Gasteiger partial charge in [0.1, 0.15) is 6.04 Å². The van der Waals surface area contributed by atoms with Crippen LogP contribution in [0.25, 0.3) is 0 Å². The van der Waals surface area contributed by atoms with E-state index < -0.39 is 17.8 Å². The molecule has 0 spiro atoms. The maximum Gasteiger partial charge on any atom is 0.416 e. The first-order chi connectivity index (χ1) is 19.8. The maximum atomic E-state index is 14.1. The molecule has 2 heterocycles. The first-order valence-corrected chi connectivity index (χ1v) is 15.3. The van der Waals surface area contributed by atoms with E-state index in [4.69, 9.17) is 23.2 Å². The molecule has 6 nitrogen and oxygen atoms in total. The lowest BCUT2D eigenvalue weighted by atomic mass is 9.89. The third kappa shape index (κ3) is 7.00. The number of carbonyl (C=O) groups is 2. The van der Waals surface area contributed by atoms with Crippen LogP contribution in [0, 0.1) is 5.92 Å². The number of benzene rings is 2. The Morgan fingerprint density at radius 2 is 1.86 bits per heavy atom. The normalized spacial score (nSPS) is 20.2. The standard InChI is InChI=1S/C31H39Cl2F3N4O2/c1-5-19(2)29(37-4)24-16-22(31(34,35)36)9-11-26(24)38-13-14-39(20(3)18-38)30(42)27(40-12-6-7-28(40)41)15-21-8-10-23(32)17-25(21)33/h8-11,16-17,19-20,27,29,37H,5-7,12-15,18H2,1-4H3. The monoisotopic (exact) mass is 626 g/mol. The third-order valence-corrected chi connectivity index (χ3v) is 9.25. The Bertz CT molecular complexity index is 1290. The zero-order valence-corrected chi connectivity index (χ0v) is 26.0. The van der Waals surface area contributed by atoms with Gasteiger partial charge >= 0.3 is 6.18 Å². The van der Waals surface area contributed by atoms with Gasteiger partial charge in [-0.25, -0.2) is 0 Å². The fourth-order valence-corrected chi connectivity index (χ4v) is 6.66. The number of alkyl halides is 3. The number of anilines is 1. The summed E-state index contributed by atoms with van der Waals surface area (Å²) in [5.41, 5.74) is 1.40. The molecule has 230 valence electrons. The van der Waals surface area contributed by atoms with E-state index in [1.54, 1.807) is 41.1 Å². The number of carbonyl (C=O) groups excluding carboxylic acids is 2. The Morgan fingerprint density at radius 1 is 1.12 bits per heavy atom. The predicted molar refractivity (Wildman–Crippen MR) is 161 cm³/mol. The Balaban J connectivity index is 1.60. The number of piperazine rings is 1. The molecule has 0 aliphatic carbocycles. The van der Waals surface area contributed by atoms with Gasteiger partial charge in [0.2, 0.25) is 11.8 Å². The SMILES string of the molecule is CCC(C)C(NC)c1cc(C(F)(F)F)ccc1N1CCN(C(=O)C(Cc2ccc(Cl)cc2Cl)N2CCCC2=O)C(C)C1. The van der Waals surface area contributed by atoms with Gasteiger partial charge < -0.3 is 20.0 Å². The average Bonchev–Trinajstić information content (AvgIpc) is 3.37. The van der Waals surface area contributed by atoms with Crippen LogP contribution in [0.2, 0.25) is 10.0 Å². The van der Waals surface area contributed by atoms with Crippen molar-refractivity contribution >= 4 is 40.7 Å². The van der Waals surface area contributed by atoms with Gasteiger partial charge in [-0.15, -0.1) is 0 Å². The minimum Gasteiger partial charge on any atom is -0.367 e. The summed E-state index contributed by atoms with van der Waals surface area (Å²) in [6, 6.07) is 7.89. The molecule has 2 fully saturated rings. The Hall–Kier alpha value is -2.49. The quantitative estimate of drug-likeness (QED) is 0.341. The van der Waals surface area contributed by atoms with Crippen molar-refractivity contribution in [3.63, 3.8) is 0 Å². The van der Waals surface area contributed by atoms with Gasteiger partial charge in [0.05, 0.1) is 5.56 Å². The zero-order valence-electron chi connectivity index (χ0n) is 24.5. The van der Waals surface area contributed by atoms with Crippen LogP contribution in [0.15, 0.2) is 36.4 Å². The highest BCUT2D eigenvalue weighted by Crippen LogP contribution is 2.38. The van der Waals surface area contributed by atoms with E-state index in [9.17, 15) is 22.8 Å². The Morgan fingerprint density at radius 3 is 2.43 bits per heavy atom. The van der Waals surface area contributed by atoms with Gasteiger partial charge in [-0.3, -0.25) is 9.59 Å². The number of hydrogen-bond donors (Lipinski definition) is 1. The van der Waals surface area contributed by atoms with Crippen molar-refractivity contribution in [3.05, 3.63) is 63.1 Å². The van der Waals surface area contributed by atoms with Crippen LogP contribution < -0.4 is 10.2 Å². The molecule has 0 aromatic heterocycles. The highest BCUT2D eigenvalue weighted by Gasteiger charge is 2.39. The number of hydrogen-bond acceptors (Lipinski definition) is 4. The molecule has 2 aromatic rings. The molecular formula is C31H39Cl2F3N4O2. The topological polar surface area (TPSA) is 55.9 Å². The molecule has 11 heteroatoms. The molecule has 2 aliphatic heterocycles. The van der Waals surface area contributed by atoms with Gasteiger partial charge in [-0.05, 0) is 67.8 Å². The summed E-state index contributed by atoms with van der Waals surface area (Å²) in [6.07, 6.45) is -2.28. The van der Waals surface area contributed by atoms with Crippen LogP contribution in [-0.4, -0.2) is 66.9 Å². The summed E-state index contributed by atoms with van der Waals surface area (Å²) in [7, 11) is 1.77. The minimum absolute atomic E-state index is 0.0535. The lowest BCUT2D eigenvalue weighted by Gasteiger charge is -2.44. The number of amides is 2. The number of nitrogens with zero attached hydrogens (tertiary/aromatic N) is 3. The van der Waals surface area contributed by atoms with Gasteiger partial charge in [0.25, 0.3) is 0 Å². The molecule has 2 aromatic carbocycles. The minimum atomic E-state index is -4.45. The molecule has 1 N–H and O–H groups in total. The molecule has 4 atom stereocenters. The summed E-state index contributed by atoms with van der Waals surface area (Å²) in [5.74, 6) is -0.0954. The van der Waals surface area contributed by atoms with Crippen LogP contribution in [0.3, 0.4) is 0 Å². The predicted octanol–water partition coefficient (Wildman–Crippen LogP) is 6.59. The molecule has 4 unspecified atom stereocenters. The molecule has 4 rings (SSSR count). The Kier molecular flexibility index (Phi) is 10.4. The summed E-state index contributed by atoms with van der Waals surface area (Å²) >= 11 is 12.5. The van der Waals surface area contributed by atoms with Crippen LogP contribution in [-0.2, 0) is 22.2 Å². The zero-order chi connectivity index (χ0) is 30.8. The molecule has 2 aliphatic rings. The lowest BCUT2D eigenvalue weighted by molar-refractivity contribution is -0.145. The molecule has 0 bridgehead atoms. The van der Waals surface area contributed by atoms with E-state index in [1.807, 2.05) is 20.8 Å². The summed E-state index contributed by atoms with van der Waals surface area (Å²) in [5, 5.41) is 4.17. The van der Waals surface area contributed by atoms with Gasteiger partial charge in [0, 0.05) is 66.8 Å². The number of likely N-dealkylation sites (tertiary alicyclic amines) is 1. The molecule has 2 amide bonds. The van der Waals surface area contributed by atoms with E-state index in [0.717, 1.165) is 23.7 Å².